The zero-order valence-corrected chi connectivity index (χ0v) is 34.9. The molecule has 52 heavy (non-hydrogen) atoms. The van der Waals surface area contributed by atoms with Gasteiger partial charge in [-0.3, -0.25) is 0 Å². The molecule has 0 saturated heterocycles. The van der Waals surface area contributed by atoms with Crippen LogP contribution in [-0.4, -0.2) is 0 Å². The molecular formula is C42H18P2S8. The molecule has 2 atom stereocenters. The van der Waals surface area contributed by atoms with Crippen LogP contribution >= 0.6 is 109 Å². The van der Waals surface area contributed by atoms with Crippen molar-refractivity contribution in [2.24, 2.45) is 0 Å². The molecule has 0 bridgehead atoms. The fourth-order valence-electron chi connectivity index (χ4n) is 8.49. The van der Waals surface area contributed by atoms with Gasteiger partial charge in [0, 0.05) is 118 Å². The first-order valence-corrected chi connectivity index (χ1v) is 26.1. The molecule has 8 heterocycles. The van der Waals surface area contributed by atoms with Gasteiger partial charge in [0.1, 0.15) is 0 Å². The quantitative estimate of drug-likeness (QED) is 0.158. The molecule has 0 N–H and O–H groups in total. The maximum Gasteiger partial charge on any atom is 0.0877 e. The lowest BCUT2D eigenvalue weighted by atomic mass is 10.00. The number of hydrogen-bond donors (Lipinski definition) is 0. The summed E-state index contributed by atoms with van der Waals surface area (Å²) in [7, 11) is -1.19. The number of thiophene rings is 2. The molecule has 0 saturated carbocycles. The van der Waals surface area contributed by atoms with Crippen LogP contribution < -0.4 is 31.8 Å². The van der Waals surface area contributed by atoms with Crippen molar-refractivity contribution in [3.8, 4) is 22.3 Å². The van der Waals surface area contributed by atoms with Gasteiger partial charge in [-0.15, -0.1) is 22.7 Å². The van der Waals surface area contributed by atoms with Gasteiger partial charge in [-0.1, -0.05) is 107 Å². The van der Waals surface area contributed by atoms with Gasteiger partial charge < -0.3 is 0 Å². The molecule has 0 fully saturated rings. The predicted octanol–water partition coefficient (Wildman–Crippen LogP) is 12.6. The molecule has 244 valence electrons. The average molecular weight is 841 g/mol. The zero-order chi connectivity index (χ0) is 33.4. The average Bonchev–Trinajstić information content (AvgIpc) is 3.78. The summed E-state index contributed by atoms with van der Waals surface area (Å²) in [6.07, 6.45) is 0. The molecule has 0 radical (unpaired) electrons. The van der Waals surface area contributed by atoms with Crippen LogP contribution in [0.4, 0.5) is 0 Å². The largest absolute Gasteiger partial charge is 0.132 e. The van der Waals surface area contributed by atoms with Crippen molar-refractivity contribution in [1.29, 1.82) is 0 Å². The van der Waals surface area contributed by atoms with Gasteiger partial charge in [0.2, 0.25) is 0 Å². The van der Waals surface area contributed by atoms with Gasteiger partial charge in [-0.2, -0.15) is 0 Å². The first-order chi connectivity index (χ1) is 25.8. The fourth-order valence-corrected chi connectivity index (χ4v) is 26.7. The predicted molar refractivity (Wildman–Crippen MR) is 233 cm³/mol. The van der Waals surface area contributed by atoms with E-state index in [1.54, 1.807) is 31.8 Å². The topological polar surface area (TPSA) is 0 Å². The lowest BCUT2D eigenvalue weighted by Crippen LogP contribution is -2.35. The minimum absolute atomic E-state index is 0.596. The Morgan fingerprint density at radius 1 is 0.308 bits per heavy atom. The third kappa shape index (κ3) is 3.84. The lowest BCUT2D eigenvalue weighted by molar-refractivity contribution is 1.29. The molecule has 0 spiro atoms. The van der Waals surface area contributed by atoms with Gasteiger partial charge in [0.15, 0.2) is 0 Å². The van der Waals surface area contributed by atoms with Crippen LogP contribution in [-0.2, 0) is 0 Å². The molecule has 0 amide bonds. The van der Waals surface area contributed by atoms with E-state index in [1.807, 2.05) is 93.2 Å². The highest BCUT2D eigenvalue weighted by Gasteiger charge is 2.43. The first-order valence-electron chi connectivity index (χ1n) is 16.8. The standard InChI is InChI=1S/C42H18P2S8/c1-5-23-34-25(7-1)49-31-15-13-19(40-38(31)43(34)36-27(47-23)9-3-11-29(36)51-40)21-17-45-42-33(21)22(18-46-42)20-14-16-32-39-41(20)52-30-12-4-10-28-37(30)44(39)35-24(48-28)6-2-8-26(35)50-32/h1-18H. The van der Waals surface area contributed by atoms with E-state index in [0.29, 0.717) is 0 Å². The molecule has 0 aliphatic carbocycles. The monoisotopic (exact) mass is 840 g/mol. The third-order valence-electron chi connectivity index (χ3n) is 10.6. The summed E-state index contributed by atoms with van der Waals surface area (Å²) < 4.78 is 1.43. The normalized spacial score (nSPS) is 18.3. The molecule has 14 rings (SSSR count). The van der Waals surface area contributed by atoms with Crippen molar-refractivity contribution < 1.29 is 0 Å². The van der Waals surface area contributed by atoms with E-state index in [4.69, 9.17) is 0 Å². The molecule has 6 aliphatic rings. The molecular weight excluding hydrogens is 823 g/mol. The van der Waals surface area contributed by atoms with E-state index >= 15 is 0 Å². The number of benzene rings is 6. The van der Waals surface area contributed by atoms with Crippen LogP contribution in [0.15, 0.2) is 167 Å². The second kappa shape index (κ2) is 10.8. The number of hydrogen-bond acceptors (Lipinski definition) is 8. The minimum atomic E-state index is -0.596. The van der Waals surface area contributed by atoms with Crippen molar-refractivity contribution in [2.45, 2.75) is 58.7 Å². The summed E-state index contributed by atoms with van der Waals surface area (Å²) in [5.74, 6) is 0. The molecule has 8 aromatic rings. The smallest absolute Gasteiger partial charge is 0.0877 e. The van der Waals surface area contributed by atoms with Crippen LogP contribution in [0.5, 0.6) is 0 Å². The SMILES string of the molecule is c1cc2c3c(c1)Sc1ccc(-c4csc5scc(-c6ccc7c8c6Sc6cccc9c6P8c6c(cccc6S7)S9)c45)c4c1P3c1c(cccc1S4)S2. The molecule has 6 aliphatic heterocycles. The van der Waals surface area contributed by atoms with Crippen molar-refractivity contribution in [3.05, 3.63) is 108 Å². The Morgan fingerprint density at radius 2 is 0.635 bits per heavy atom. The molecule has 0 nitrogen and oxygen atoms in total. The lowest BCUT2D eigenvalue weighted by Gasteiger charge is -2.40. The van der Waals surface area contributed by atoms with Crippen LogP contribution in [0.2, 0.25) is 0 Å². The highest BCUT2D eigenvalue weighted by Crippen LogP contribution is 2.63. The third-order valence-corrected chi connectivity index (χ3v) is 26.9. The van der Waals surface area contributed by atoms with E-state index in [2.05, 4.69) is 108 Å². The Labute approximate surface area is 335 Å². The van der Waals surface area contributed by atoms with E-state index in [1.165, 1.54) is 90.4 Å². The van der Waals surface area contributed by atoms with E-state index in [-0.39, 0.29) is 0 Å². The van der Waals surface area contributed by atoms with E-state index < -0.39 is 15.8 Å². The van der Waals surface area contributed by atoms with E-state index in [0.717, 1.165) is 0 Å². The summed E-state index contributed by atoms with van der Waals surface area (Å²) in [4.78, 5) is 17.5. The van der Waals surface area contributed by atoms with Gasteiger partial charge in [-0.25, -0.2) is 0 Å². The Bertz CT molecular complexity index is 2750. The van der Waals surface area contributed by atoms with Crippen LogP contribution in [0, 0.1) is 0 Å². The Balaban J connectivity index is 0.993. The number of fused-ring (bicyclic) bond motifs is 1. The molecule has 6 aromatic carbocycles. The summed E-state index contributed by atoms with van der Waals surface area (Å²) in [6.45, 7) is 0. The molecule has 2 aromatic heterocycles. The second-order valence-electron chi connectivity index (χ2n) is 13.2. The van der Waals surface area contributed by atoms with E-state index in [9.17, 15) is 0 Å². The van der Waals surface area contributed by atoms with Crippen LogP contribution in [0.25, 0.3) is 31.7 Å². The minimum Gasteiger partial charge on any atom is -0.132 e. The van der Waals surface area contributed by atoms with Crippen molar-refractivity contribution >= 4 is 150 Å². The second-order valence-corrected chi connectivity index (χ2v) is 25.7. The zero-order valence-electron chi connectivity index (χ0n) is 26.6. The van der Waals surface area contributed by atoms with Gasteiger partial charge in [-0.05, 0) is 87.6 Å². The summed E-state index contributed by atoms with van der Waals surface area (Å²) >= 11 is 15.8. The highest BCUT2D eigenvalue weighted by atomic mass is 32.2. The number of rotatable bonds is 2. The summed E-state index contributed by atoms with van der Waals surface area (Å²) in [5, 5.41) is 15.9. The Kier molecular flexibility index (Phi) is 6.28. The summed E-state index contributed by atoms with van der Waals surface area (Å²) in [5.41, 5.74) is 5.62. The first kappa shape index (κ1) is 30.2. The van der Waals surface area contributed by atoms with Crippen molar-refractivity contribution in [1.82, 2.24) is 0 Å². The maximum atomic E-state index is 2.47. The maximum absolute atomic E-state index is 2.47. The van der Waals surface area contributed by atoms with Gasteiger partial charge in [0.05, 0.1) is 4.01 Å². The summed E-state index contributed by atoms with van der Waals surface area (Å²) in [6, 6.07) is 37.8. The van der Waals surface area contributed by atoms with Crippen molar-refractivity contribution in [3.63, 3.8) is 0 Å². The van der Waals surface area contributed by atoms with Crippen LogP contribution in [0.3, 0.4) is 0 Å². The van der Waals surface area contributed by atoms with Gasteiger partial charge >= 0.3 is 0 Å². The van der Waals surface area contributed by atoms with Gasteiger partial charge in [0.25, 0.3) is 0 Å². The Morgan fingerprint density at radius 3 is 1.00 bits per heavy atom. The fraction of sp³-hybridized carbons (Fsp3) is 0. The Hall–Kier alpha value is -2.06. The molecule has 2 unspecified atom stereocenters. The highest BCUT2D eigenvalue weighted by molar-refractivity contribution is 8.08. The van der Waals surface area contributed by atoms with Crippen LogP contribution in [0.1, 0.15) is 0 Å². The van der Waals surface area contributed by atoms with Crippen molar-refractivity contribution in [2.75, 3.05) is 0 Å². The molecule has 10 heteroatoms.